The first-order chi connectivity index (χ1) is 13.7. The topological polar surface area (TPSA) is 76.8 Å². The number of aliphatic imine (C=N–C) groups is 2. The van der Waals surface area contributed by atoms with Crippen molar-refractivity contribution in [1.29, 1.82) is 0 Å². The molecule has 0 saturated heterocycles. The van der Waals surface area contributed by atoms with Crippen molar-refractivity contribution in [2.24, 2.45) is 21.5 Å². The molecule has 0 heterocycles. The molecule has 166 valence electrons. The lowest BCUT2D eigenvalue weighted by Crippen LogP contribution is -2.12. The highest BCUT2D eigenvalue weighted by atomic mass is 14.8. The molecule has 4 heteroatoms. The summed E-state index contributed by atoms with van der Waals surface area (Å²) in [5.41, 5.74) is 12.0. The molecule has 0 aliphatic rings. The molecular weight excluding hydrogens is 344 g/mol. The van der Waals surface area contributed by atoms with Gasteiger partial charge in [0.2, 0.25) is 0 Å². The fourth-order valence-electron chi connectivity index (χ4n) is 3.35. The Morgan fingerprint density at radius 3 is 1.14 bits per heavy atom. The van der Waals surface area contributed by atoms with Crippen LogP contribution in [0.5, 0.6) is 0 Å². The van der Waals surface area contributed by atoms with Gasteiger partial charge in [0.1, 0.15) is 0 Å². The van der Waals surface area contributed by atoms with Crippen LogP contribution >= 0.6 is 0 Å². The first-order valence-corrected chi connectivity index (χ1v) is 12.3. The minimum Gasteiger partial charge on any atom is -0.387 e. The van der Waals surface area contributed by atoms with Gasteiger partial charge in [0, 0.05) is 25.9 Å². The monoisotopic (exact) mass is 394 g/mol. The van der Waals surface area contributed by atoms with Gasteiger partial charge in [-0.25, -0.2) is 0 Å². The molecule has 0 aromatic carbocycles. The Bertz CT molecular complexity index is 341. The minimum atomic E-state index is 0.862. The summed E-state index contributed by atoms with van der Waals surface area (Å²) in [4.78, 5) is 8.97. The molecule has 0 aromatic heterocycles. The third-order valence-corrected chi connectivity index (χ3v) is 5.27. The highest BCUT2D eigenvalue weighted by Crippen LogP contribution is 2.11. The van der Waals surface area contributed by atoms with Crippen molar-refractivity contribution in [3.8, 4) is 0 Å². The molecule has 0 bridgehead atoms. The lowest BCUT2D eigenvalue weighted by molar-refractivity contribution is 0.574. The minimum absolute atomic E-state index is 0.862. The second-order valence-corrected chi connectivity index (χ2v) is 8.20. The van der Waals surface area contributed by atoms with E-state index in [1.807, 2.05) is 0 Å². The fourth-order valence-corrected chi connectivity index (χ4v) is 3.35. The Morgan fingerprint density at radius 1 is 0.464 bits per heavy atom. The van der Waals surface area contributed by atoms with Gasteiger partial charge in [-0.2, -0.15) is 0 Å². The molecule has 0 atom stereocenters. The summed E-state index contributed by atoms with van der Waals surface area (Å²) >= 11 is 0. The van der Waals surface area contributed by atoms with E-state index >= 15 is 0 Å². The quantitative estimate of drug-likeness (QED) is 0.128. The summed E-state index contributed by atoms with van der Waals surface area (Å²) in [6, 6.07) is 0. The number of hydrogen-bond donors (Lipinski definition) is 2. The van der Waals surface area contributed by atoms with E-state index in [2.05, 4.69) is 23.8 Å². The third kappa shape index (κ3) is 21.2. The van der Waals surface area contributed by atoms with Crippen molar-refractivity contribution < 1.29 is 0 Å². The first kappa shape index (κ1) is 26.9. The van der Waals surface area contributed by atoms with E-state index in [1.165, 1.54) is 103 Å². The van der Waals surface area contributed by atoms with E-state index in [-0.39, 0.29) is 0 Å². The van der Waals surface area contributed by atoms with Crippen molar-refractivity contribution >= 4 is 11.7 Å². The van der Waals surface area contributed by atoms with Crippen molar-refractivity contribution in [2.75, 3.05) is 13.1 Å². The molecule has 28 heavy (non-hydrogen) atoms. The van der Waals surface area contributed by atoms with E-state index in [4.69, 9.17) is 11.5 Å². The van der Waals surface area contributed by atoms with E-state index in [1.54, 1.807) is 0 Å². The number of nitrogens with zero attached hydrogens (tertiary/aromatic N) is 2. The van der Waals surface area contributed by atoms with Gasteiger partial charge in [-0.1, -0.05) is 90.9 Å². The first-order valence-electron chi connectivity index (χ1n) is 12.3. The molecule has 0 unspecified atom stereocenters. The molecule has 0 rings (SSSR count). The predicted octanol–water partition coefficient (Wildman–Crippen LogP) is 6.76. The Labute approximate surface area is 176 Å². The van der Waals surface area contributed by atoms with Crippen molar-refractivity contribution in [3.63, 3.8) is 0 Å². The van der Waals surface area contributed by atoms with Gasteiger partial charge in [0.05, 0.1) is 11.7 Å². The molecule has 0 radical (unpaired) electrons. The van der Waals surface area contributed by atoms with E-state index in [0.29, 0.717) is 0 Å². The van der Waals surface area contributed by atoms with Gasteiger partial charge in [-0.15, -0.1) is 0 Å². The van der Waals surface area contributed by atoms with Crippen LogP contribution in [-0.2, 0) is 0 Å². The maximum Gasteiger partial charge on any atom is 0.0937 e. The van der Waals surface area contributed by atoms with Gasteiger partial charge in [0.15, 0.2) is 0 Å². The molecule has 0 aromatic rings. The molecule has 0 spiro atoms. The second kappa shape index (κ2) is 22.2. The SMILES string of the molecule is CCCCCCN=C(N)CCCCCCCCCCC(N)=NCCCCCC. The van der Waals surface area contributed by atoms with Gasteiger partial charge >= 0.3 is 0 Å². The maximum absolute atomic E-state index is 5.99. The number of amidine groups is 2. The van der Waals surface area contributed by atoms with Crippen molar-refractivity contribution in [2.45, 2.75) is 129 Å². The molecule has 0 fully saturated rings. The highest BCUT2D eigenvalue weighted by Gasteiger charge is 1.97. The van der Waals surface area contributed by atoms with E-state index in [0.717, 1.165) is 37.6 Å². The second-order valence-electron chi connectivity index (χ2n) is 8.20. The van der Waals surface area contributed by atoms with E-state index in [9.17, 15) is 0 Å². The molecule has 4 nitrogen and oxygen atoms in total. The van der Waals surface area contributed by atoms with Crippen LogP contribution in [0.3, 0.4) is 0 Å². The zero-order valence-electron chi connectivity index (χ0n) is 19.2. The van der Waals surface area contributed by atoms with Crippen LogP contribution in [0.15, 0.2) is 9.98 Å². The van der Waals surface area contributed by atoms with Crippen LogP contribution in [0.4, 0.5) is 0 Å². The van der Waals surface area contributed by atoms with Crippen molar-refractivity contribution in [3.05, 3.63) is 0 Å². The molecule has 0 saturated carbocycles. The van der Waals surface area contributed by atoms with Crippen molar-refractivity contribution in [1.82, 2.24) is 0 Å². The predicted molar refractivity (Wildman–Crippen MR) is 127 cm³/mol. The number of unbranched alkanes of at least 4 members (excludes halogenated alkanes) is 13. The van der Waals surface area contributed by atoms with Gasteiger partial charge < -0.3 is 11.5 Å². The van der Waals surface area contributed by atoms with E-state index < -0.39 is 0 Å². The summed E-state index contributed by atoms with van der Waals surface area (Å²) in [7, 11) is 0. The zero-order chi connectivity index (χ0) is 20.7. The highest BCUT2D eigenvalue weighted by molar-refractivity contribution is 5.80. The Balaban J connectivity index is 3.34. The average molecular weight is 395 g/mol. The normalized spacial score (nSPS) is 12.6. The Kier molecular flexibility index (Phi) is 21.4. The van der Waals surface area contributed by atoms with Crippen LogP contribution in [0.25, 0.3) is 0 Å². The lowest BCUT2D eigenvalue weighted by atomic mass is 10.1. The summed E-state index contributed by atoms with van der Waals surface area (Å²) in [6.45, 7) is 6.30. The van der Waals surface area contributed by atoms with Gasteiger partial charge in [-0.3, -0.25) is 9.98 Å². The Hall–Kier alpha value is -1.06. The standard InChI is InChI=1S/C24H50N4/c1-3-5-7-17-21-27-23(25)19-15-13-11-9-10-12-14-16-20-24(26)28-22-18-8-6-4-2/h3-22H2,1-2H3,(H2,25,27)(H2,26,28). The van der Waals surface area contributed by atoms with Crippen LogP contribution < -0.4 is 11.5 Å². The van der Waals surface area contributed by atoms with Crippen LogP contribution in [0, 0.1) is 0 Å². The largest absolute Gasteiger partial charge is 0.387 e. The lowest BCUT2D eigenvalue weighted by Gasteiger charge is -2.04. The number of nitrogens with two attached hydrogens (primary N) is 2. The zero-order valence-corrected chi connectivity index (χ0v) is 19.2. The number of hydrogen-bond acceptors (Lipinski definition) is 2. The summed E-state index contributed by atoms with van der Waals surface area (Å²) in [6.07, 6.45) is 22.4. The summed E-state index contributed by atoms with van der Waals surface area (Å²) < 4.78 is 0. The molecular formula is C24H50N4. The van der Waals surface area contributed by atoms with Gasteiger partial charge in [-0.05, 0) is 25.7 Å². The molecule has 4 N–H and O–H groups in total. The summed E-state index contributed by atoms with van der Waals surface area (Å²) in [5, 5.41) is 0. The number of rotatable bonds is 21. The maximum atomic E-state index is 5.99. The molecule has 0 aliphatic heterocycles. The fraction of sp³-hybridized carbons (Fsp3) is 0.917. The van der Waals surface area contributed by atoms with Gasteiger partial charge in [0.25, 0.3) is 0 Å². The molecule has 0 amide bonds. The average Bonchev–Trinajstić information content (AvgIpc) is 2.69. The Morgan fingerprint density at radius 2 is 0.786 bits per heavy atom. The molecule has 0 aliphatic carbocycles. The summed E-state index contributed by atoms with van der Waals surface area (Å²) in [5.74, 6) is 1.72. The van der Waals surface area contributed by atoms with Crippen LogP contribution in [0.1, 0.15) is 129 Å². The third-order valence-electron chi connectivity index (χ3n) is 5.27. The van der Waals surface area contributed by atoms with Crippen LogP contribution in [0.2, 0.25) is 0 Å². The van der Waals surface area contributed by atoms with Crippen LogP contribution in [-0.4, -0.2) is 24.8 Å². The smallest absolute Gasteiger partial charge is 0.0937 e.